The molecule has 0 radical (unpaired) electrons. The Balaban J connectivity index is 2.41. The lowest BCUT2D eigenvalue weighted by Gasteiger charge is -2.14. The summed E-state index contributed by atoms with van der Waals surface area (Å²) in [5.74, 6) is -3.40. The maximum Gasteiger partial charge on any atom is 0.273 e. The second kappa shape index (κ2) is 5.85. The van der Waals surface area contributed by atoms with Crippen LogP contribution in [0.15, 0.2) is 17.5 Å². The highest BCUT2D eigenvalue weighted by molar-refractivity contribution is 7.89. The molecule has 0 fully saturated rings. The molecule has 0 aliphatic rings. The number of hydrogen-bond donors (Lipinski definition) is 2. The Morgan fingerprint density at radius 2 is 2.18 bits per heavy atom. The summed E-state index contributed by atoms with van der Waals surface area (Å²) in [7, 11) is -3.68. The van der Waals surface area contributed by atoms with Gasteiger partial charge in [0.25, 0.3) is 5.92 Å². The number of nitrogens with two attached hydrogens (primary N) is 1. The standard InChI is InChI=1S/C9H14F2N2O2S2/c10-9(11,6-12)7-13-17(14,15)5-3-8-2-1-4-16-8/h1-2,4,13H,3,5-7,12H2. The lowest BCUT2D eigenvalue weighted by atomic mass is 10.3. The summed E-state index contributed by atoms with van der Waals surface area (Å²) in [4.78, 5) is 0.904. The number of sulfonamides is 1. The molecule has 0 aliphatic carbocycles. The van der Waals surface area contributed by atoms with Crippen LogP contribution >= 0.6 is 11.3 Å². The minimum absolute atomic E-state index is 0.200. The van der Waals surface area contributed by atoms with Gasteiger partial charge in [-0.2, -0.15) is 0 Å². The van der Waals surface area contributed by atoms with E-state index in [1.165, 1.54) is 11.3 Å². The quantitative estimate of drug-likeness (QED) is 0.778. The van der Waals surface area contributed by atoms with E-state index < -0.39 is 29.0 Å². The van der Waals surface area contributed by atoms with E-state index in [9.17, 15) is 17.2 Å². The van der Waals surface area contributed by atoms with Crippen molar-refractivity contribution in [3.63, 3.8) is 0 Å². The van der Waals surface area contributed by atoms with Gasteiger partial charge in [0.2, 0.25) is 10.0 Å². The summed E-state index contributed by atoms with van der Waals surface area (Å²) in [5.41, 5.74) is 4.80. The average Bonchev–Trinajstić information content (AvgIpc) is 2.77. The Bertz CT molecular complexity index is 432. The van der Waals surface area contributed by atoms with E-state index in [2.05, 4.69) is 0 Å². The third-order valence-corrected chi connectivity index (χ3v) is 4.31. The molecule has 1 aromatic heterocycles. The maximum atomic E-state index is 12.7. The van der Waals surface area contributed by atoms with Crippen LogP contribution in [0, 0.1) is 0 Å². The molecular formula is C9H14F2N2O2S2. The maximum absolute atomic E-state index is 12.7. The van der Waals surface area contributed by atoms with E-state index in [4.69, 9.17) is 5.73 Å². The van der Waals surface area contributed by atoms with Gasteiger partial charge in [0.15, 0.2) is 0 Å². The highest BCUT2D eigenvalue weighted by Crippen LogP contribution is 2.11. The number of hydrogen-bond acceptors (Lipinski definition) is 4. The third-order valence-electron chi connectivity index (χ3n) is 2.05. The molecule has 1 rings (SSSR count). The fraction of sp³-hybridized carbons (Fsp3) is 0.556. The third kappa shape index (κ3) is 5.53. The minimum atomic E-state index is -3.68. The van der Waals surface area contributed by atoms with E-state index in [1.807, 2.05) is 16.2 Å². The highest BCUT2D eigenvalue weighted by atomic mass is 32.2. The zero-order chi connectivity index (χ0) is 12.9. The first-order valence-corrected chi connectivity index (χ1v) is 7.45. The van der Waals surface area contributed by atoms with Gasteiger partial charge in [0.1, 0.15) is 0 Å². The smallest absolute Gasteiger partial charge is 0.273 e. The number of rotatable bonds is 7. The molecule has 0 saturated heterocycles. The van der Waals surface area contributed by atoms with E-state index >= 15 is 0 Å². The first-order chi connectivity index (χ1) is 7.85. The molecule has 3 N–H and O–H groups in total. The molecule has 1 heterocycles. The molecule has 8 heteroatoms. The Kier molecular flexibility index (Phi) is 4.99. The Morgan fingerprint density at radius 3 is 2.71 bits per heavy atom. The number of thiophene rings is 1. The van der Waals surface area contributed by atoms with Crippen molar-refractivity contribution in [2.45, 2.75) is 12.3 Å². The molecule has 4 nitrogen and oxygen atoms in total. The van der Waals surface area contributed by atoms with Gasteiger partial charge < -0.3 is 5.73 Å². The van der Waals surface area contributed by atoms with Crippen LogP contribution in [0.5, 0.6) is 0 Å². The van der Waals surface area contributed by atoms with Crippen molar-refractivity contribution >= 4 is 21.4 Å². The van der Waals surface area contributed by atoms with Gasteiger partial charge in [-0.25, -0.2) is 21.9 Å². The van der Waals surface area contributed by atoms with E-state index in [0.717, 1.165) is 4.88 Å². The zero-order valence-corrected chi connectivity index (χ0v) is 10.7. The lowest BCUT2D eigenvalue weighted by molar-refractivity contribution is 0.0170. The zero-order valence-electron chi connectivity index (χ0n) is 9.03. The molecule has 0 saturated carbocycles. The van der Waals surface area contributed by atoms with Gasteiger partial charge >= 0.3 is 0 Å². The SMILES string of the molecule is NCC(F)(F)CNS(=O)(=O)CCc1cccs1. The molecule has 0 aromatic carbocycles. The number of nitrogens with one attached hydrogen (secondary N) is 1. The molecule has 1 aromatic rings. The van der Waals surface area contributed by atoms with Crippen LogP contribution in [-0.2, 0) is 16.4 Å². The van der Waals surface area contributed by atoms with Gasteiger partial charge in [0, 0.05) is 4.88 Å². The Morgan fingerprint density at radius 1 is 1.47 bits per heavy atom. The summed E-state index contributed by atoms with van der Waals surface area (Å²) < 4.78 is 50.2. The second-order valence-corrected chi connectivity index (χ2v) is 6.49. The molecular weight excluding hydrogens is 270 g/mol. The van der Waals surface area contributed by atoms with Gasteiger partial charge in [-0.3, -0.25) is 0 Å². The summed E-state index contributed by atoms with van der Waals surface area (Å²) in [5, 5.41) is 1.83. The van der Waals surface area contributed by atoms with Crippen molar-refractivity contribution < 1.29 is 17.2 Å². The fourth-order valence-electron chi connectivity index (χ4n) is 1.05. The van der Waals surface area contributed by atoms with Gasteiger partial charge in [0.05, 0.1) is 18.8 Å². The van der Waals surface area contributed by atoms with Crippen molar-refractivity contribution in [2.24, 2.45) is 5.73 Å². The molecule has 0 aliphatic heterocycles. The Labute approximate surface area is 103 Å². The molecule has 0 bridgehead atoms. The number of alkyl halides is 2. The van der Waals surface area contributed by atoms with Crippen molar-refractivity contribution in [1.29, 1.82) is 0 Å². The van der Waals surface area contributed by atoms with Crippen molar-refractivity contribution in [3.05, 3.63) is 22.4 Å². The van der Waals surface area contributed by atoms with Crippen LogP contribution in [0.25, 0.3) is 0 Å². The molecule has 0 amide bonds. The van der Waals surface area contributed by atoms with Gasteiger partial charge in [-0.15, -0.1) is 11.3 Å². The second-order valence-electron chi connectivity index (χ2n) is 3.53. The van der Waals surface area contributed by atoms with Crippen molar-refractivity contribution in [1.82, 2.24) is 4.72 Å². The summed E-state index contributed by atoms with van der Waals surface area (Å²) in [6.45, 7) is -1.82. The molecule has 0 spiro atoms. The fourth-order valence-corrected chi connectivity index (χ4v) is 2.95. The monoisotopic (exact) mass is 284 g/mol. The van der Waals surface area contributed by atoms with Crippen molar-refractivity contribution in [3.8, 4) is 0 Å². The Hall–Kier alpha value is -0.570. The molecule has 0 atom stereocenters. The van der Waals surface area contributed by atoms with Gasteiger partial charge in [-0.05, 0) is 17.9 Å². The predicted octanol–water partition coefficient (Wildman–Crippen LogP) is 0.804. The van der Waals surface area contributed by atoms with Crippen molar-refractivity contribution in [2.75, 3.05) is 18.8 Å². The predicted molar refractivity (Wildman–Crippen MR) is 63.8 cm³/mol. The van der Waals surface area contributed by atoms with Gasteiger partial charge in [-0.1, -0.05) is 6.07 Å². The normalized spacial score (nSPS) is 12.9. The lowest BCUT2D eigenvalue weighted by Crippen LogP contribution is -2.42. The first-order valence-electron chi connectivity index (χ1n) is 4.92. The van der Waals surface area contributed by atoms with Crippen LogP contribution in [0.4, 0.5) is 8.78 Å². The summed E-state index contributed by atoms with van der Waals surface area (Å²) >= 11 is 1.43. The van der Waals surface area contributed by atoms with Crippen LogP contribution in [0.1, 0.15) is 4.88 Å². The molecule has 0 unspecified atom stereocenters. The van der Waals surface area contributed by atoms with Crippen LogP contribution < -0.4 is 10.5 Å². The van der Waals surface area contributed by atoms with Crippen LogP contribution in [-0.4, -0.2) is 33.2 Å². The average molecular weight is 284 g/mol. The van der Waals surface area contributed by atoms with E-state index in [0.29, 0.717) is 6.42 Å². The molecule has 98 valence electrons. The number of halogens is 2. The largest absolute Gasteiger partial charge is 0.325 e. The molecule has 17 heavy (non-hydrogen) atoms. The first kappa shape index (κ1) is 14.5. The van der Waals surface area contributed by atoms with Crippen LogP contribution in [0.2, 0.25) is 0 Å². The number of aryl methyl sites for hydroxylation is 1. The highest BCUT2D eigenvalue weighted by Gasteiger charge is 2.28. The summed E-state index contributed by atoms with van der Waals surface area (Å²) in [6.07, 6.45) is 0.321. The van der Waals surface area contributed by atoms with E-state index in [-0.39, 0.29) is 5.75 Å². The summed E-state index contributed by atoms with van der Waals surface area (Å²) in [6, 6.07) is 3.61. The van der Waals surface area contributed by atoms with Crippen LogP contribution in [0.3, 0.4) is 0 Å². The minimum Gasteiger partial charge on any atom is -0.325 e. The van der Waals surface area contributed by atoms with E-state index in [1.54, 1.807) is 6.07 Å². The topological polar surface area (TPSA) is 72.2 Å².